The normalized spacial score (nSPS) is 10.3. The summed E-state index contributed by atoms with van der Waals surface area (Å²) in [7, 11) is 1.38. The molecule has 2 aromatic rings. The van der Waals surface area contributed by atoms with Gasteiger partial charge in [0.1, 0.15) is 0 Å². The molecule has 0 unspecified atom stereocenters. The number of nitrogens with one attached hydrogen (secondary N) is 1. The second kappa shape index (κ2) is 5.84. The van der Waals surface area contributed by atoms with Crippen LogP contribution >= 0.6 is 11.3 Å². The minimum atomic E-state index is -0.274. The summed E-state index contributed by atoms with van der Waals surface area (Å²) in [6.07, 6.45) is 0.210. The maximum absolute atomic E-state index is 11.2. The molecular formula is C14H16N2O2S. The molecule has 0 amide bonds. The van der Waals surface area contributed by atoms with Crippen LogP contribution in [0, 0.1) is 13.8 Å². The van der Waals surface area contributed by atoms with Crippen LogP contribution in [-0.2, 0) is 16.0 Å². The van der Waals surface area contributed by atoms with Gasteiger partial charge in [-0.15, -0.1) is 11.3 Å². The molecule has 5 heteroatoms. The molecule has 19 heavy (non-hydrogen) atoms. The molecule has 1 aromatic heterocycles. The van der Waals surface area contributed by atoms with Crippen molar-refractivity contribution < 1.29 is 9.53 Å². The second-order valence-corrected chi connectivity index (χ2v) is 5.13. The smallest absolute Gasteiger partial charge is 0.311 e. The van der Waals surface area contributed by atoms with E-state index < -0.39 is 0 Å². The van der Waals surface area contributed by atoms with Crippen LogP contribution in [0.15, 0.2) is 23.6 Å². The Labute approximate surface area is 116 Å². The van der Waals surface area contributed by atoms with Gasteiger partial charge < -0.3 is 10.1 Å². The van der Waals surface area contributed by atoms with Crippen molar-refractivity contribution in [2.75, 3.05) is 12.4 Å². The fourth-order valence-corrected chi connectivity index (χ4v) is 2.39. The van der Waals surface area contributed by atoms with Crippen molar-refractivity contribution >= 4 is 28.1 Å². The van der Waals surface area contributed by atoms with E-state index in [9.17, 15) is 4.79 Å². The van der Waals surface area contributed by atoms with E-state index in [1.54, 1.807) is 0 Å². The number of aryl methyl sites for hydroxylation is 1. The van der Waals surface area contributed by atoms with Crippen molar-refractivity contribution in [1.29, 1.82) is 0 Å². The van der Waals surface area contributed by atoms with Crippen molar-refractivity contribution in [3.8, 4) is 0 Å². The molecule has 0 aliphatic rings. The Morgan fingerprint density at radius 2 is 2.21 bits per heavy atom. The largest absolute Gasteiger partial charge is 0.469 e. The van der Waals surface area contributed by atoms with Gasteiger partial charge in [-0.25, -0.2) is 4.98 Å². The zero-order chi connectivity index (χ0) is 13.8. The number of carbonyl (C=O) groups excluding carboxylic acids is 1. The molecule has 0 fully saturated rings. The summed E-state index contributed by atoms with van der Waals surface area (Å²) in [5.41, 5.74) is 4.20. The number of anilines is 2. The first-order valence-corrected chi connectivity index (χ1v) is 6.82. The lowest BCUT2D eigenvalue weighted by Gasteiger charge is -2.08. The van der Waals surface area contributed by atoms with Crippen LogP contribution in [0.25, 0.3) is 0 Å². The van der Waals surface area contributed by atoms with Crippen molar-refractivity contribution in [3.63, 3.8) is 0 Å². The highest BCUT2D eigenvalue weighted by atomic mass is 32.1. The molecule has 0 spiro atoms. The number of esters is 1. The van der Waals surface area contributed by atoms with Gasteiger partial charge >= 0.3 is 5.97 Å². The Morgan fingerprint density at radius 1 is 1.42 bits per heavy atom. The van der Waals surface area contributed by atoms with E-state index in [0.29, 0.717) is 0 Å². The summed E-state index contributed by atoms with van der Waals surface area (Å²) in [5, 5.41) is 5.93. The predicted molar refractivity (Wildman–Crippen MR) is 77.0 cm³/mol. The molecule has 0 bridgehead atoms. The van der Waals surface area contributed by atoms with Crippen molar-refractivity contribution in [2.24, 2.45) is 0 Å². The van der Waals surface area contributed by atoms with Crippen LogP contribution in [0.4, 0.5) is 10.8 Å². The fraction of sp³-hybridized carbons (Fsp3) is 0.286. The third-order valence-corrected chi connectivity index (χ3v) is 3.76. The van der Waals surface area contributed by atoms with Gasteiger partial charge in [-0.3, -0.25) is 4.79 Å². The number of aromatic nitrogens is 1. The van der Waals surface area contributed by atoms with E-state index in [1.807, 2.05) is 17.5 Å². The van der Waals surface area contributed by atoms with Gasteiger partial charge in [0.2, 0.25) is 0 Å². The van der Waals surface area contributed by atoms with Gasteiger partial charge in [0, 0.05) is 11.1 Å². The molecule has 0 radical (unpaired) electrons. The predicted octanol–water partition coefficient (Wildman–Crippen LogP) is 3.22. The summed E-state index contributed by atoms with van der Waals surface area (Å²) in [4.78, 5) is 15.5. The highest BCUT2D eigenvalue weighted by Gasteiger charge is 2.08. The van der Waals surface area contributed by atoms with E-state index in [2.05, 4.69) is 35.0 Å². The van der Waals surface area contributed by atoms with Gasteiger partial charge in [0.05, 0.1) is 19.2 Å². The van der Waals surface area contributed by atoms with E-state index in [1.165, 1.54) is 29.6 Å². The Morgan fingerprint density at radius 3 is 2.95 bits per heavy atom. The number of benzene rings is 1. The highest BCUT2D eigenvalue weighted by Crippen LogP contribution is 2.25. The molecule has 1 aromatic carbocycles. The first-order valence-electron chi connectivity index (χ1n) is 5.94. The first kappa shape index (κ1) is 13.5. The number of nitrogens with zero attached hydrogens (tertiary/aromatic N) is 1. The van der Waals surface area contributed by atoms with Gasteiger partial charge in [-0.05, 0) is 31.0 Å². The average Bonchev–Trinajstić information content (AvgIpc) is 2.82. The van der Waals surface area contributed by atoms with Crippen LogP contribution < -0.4 is 5.32 Å². The van der Waals surface area contributed by atoms with Crippen LogP contribution in [-0.4, -0.2) is 18.1 Å². The molecule has 0 saturated carbocycles. The van der Waals surface area contributed by atoms with E-state index in [0.717, 1.165) is 16.5 Å². The quantitative estimate of drug-likeness (QED) is 0.871. The number of hydrogen-bond acceptors (Lipinski definition) is 5. The lowest BCUT2D eigenvalue weighted by atomic mass is 10.1. The first-order chi connectivity index (χ1) is 9.10. The van der Waals surface area contributed by atoms with Gasteiger partial charge in [-0.2, -0.15) is 0 Å². The zero-order valence-corrected chi connectivity index (χ0v) is 12.0. The number of methoxy groups -OCH3 is 1. The summed E-state index contributed by atoms with van der Waals surface area (Å²) in [6.45, 7) is 4.14. The monoisotopic (exact) mass is 276 g/mol. The molecular weight excluding hydrogens is 260 g/mol. The maximum Gasteiger partial charge on any atom is 0.311 e. The van der Waals surface area contributed by atoms with Crippen LogP contribution in [0.2, 0.25) is 0 Å². The lowest BCUT2D eigenvalue weighted by Crippen LogP contribution is -2.04. The van der Waals surface area contributed by atoms with Crippen molar-refractivity contribution in [2.45, 2.75) is 20.3 Å². The number of hydrogen-bond donors (Lipinski definition) is 1. The molecule has 0 aliphatic carbocycles. The average molecular weight is 276 g/mol. The second-order valence-electron chi connectivity index (χ2n) is 4.27. The molecule has 0 saturated heterocycles. The van der Waals surface area contributed by atoms with Gasteiger partial charge in [-0.1, -0.05) is 12.1 Å². The van der Waals surface area contributed by atoms with Crippen LogP contribution in [0.5, 0.6) is 0 Å². The maximum atomic E-state index is 11.2. The Hall–Kier alpha value is -1.88. The molecule has 2 rings (SSSR count). The third-order valence-electron chi connectivity index (χ3n) is 2.95. The lowest BCUT2D eigenvalue weighted by molar-refractivity contribution is -0.139. The Kier molecular flexibility index (Phi) is 4.16. The summed E-state index contributed by atoms with van der Waals surface area (Å²) in [5.74, 6) is -0.274. The Bertz CT molecular complexity index is 593. The van der Waals surface area contributed by atoms with E-state index >= 15 is 0 Å². The summed E-state index contributed by atoms with van der Waals surface area (Å²) < 4.78 is 4.62. The fourth-order valence-electron chi connectivity index (χ4n) is 1.67. The molecule has 0 aliphatic heterocycles. The minimum absolute atomic E-state index is 0.210. The summed E-state index contributed by atoms with van der Waals surface area (Å²) in [6, 6.07) is 6.10. The number of thiazole rings is 1. The van der Waals surface area contributed by atoms with Gasteiger partial charge in [0.15, 0.2) is 5.13 Å². The summed E-state index contributed by atoms with van der Waals surface area (Å²) >= 11 is 1.48. The molecule has 1 N–H and O–H groups in total. The molecule has 0 atom stereocenters. The highest BCUT2D eigenvalue weighted by molar-refractivity contribution is 7.13. The molecule has 4 nitrogen and oxygen atoms in total. The van der Waals surface area contributed by atoms with Crippen molar-refractivity contribution in [3.05, 3.63) is 40.4 Å². The van der Waals surface area contributed by atoms with E-state index in [-0.39, 0.29) is 12.4 Å². The van der Waals surface area contributed by atoms with Gasteiger partial charge in [0.25, 0.3) is 0 Å². The Balaban J connectivity index is 2.11. The number of carbonyl (C=O) groups is 1. The number of rotatable bonds is 4. The zero-order valence-electron chi connectivity index (χ0n) is 11.2. The topological polar surface area (TPSA) is 51.2 Å². The van der Waals surface area contributed by atoms with Crippen LogP contribution in [0.3, 0.4) is 0 Å². The third kappa shape index (κ3) is 3.32. The SMILES string of the molecule is COC(=O)Cc1csc(Nc2cccc(C)c2C)n1. The minimum Gasteiger partial charge on any atom is -0.469 e. The molecule has 100 valence electrons. The van der Waals surface area contributed by atoms with Crippen LogP contribution in [0.1, 0.15) is 16.8 Å². The number of ether oxygens (including phenoxy) is 1. The van der Waals surface area contributed by atoms with Crippen molar-refractivity contribution in [1.82, 2.24) is 4.98 Å². The van der Waals surface area contributed by atoms with E-state index in [4.69, 9.17) is 0 Å². The standard InChI is InChI=1S/C14H16N2O2S/c1-9-5-4-6-12(10(9)2)16-14-15-11(8-19-14)7-13(17)18-3/h4-6,8H,7H2,1-3H3,(H,15,16). The molecule has 1 heterocycles.